The van der Waals surface area contributed by atoms with Gasteiger partial charge in [0, 0.05) is 11.4 Å². The molecule has 176 valence electrons. The number of ether oxygens (including phenoxy) is 1. The van der Waals surface area contributed by atoms with Crippen LogP contribution in [-0.4, -0.2) is 27.8 Å². The summed E-state index contributed by atoms with van der Waals surface area (Å²) in [5.74, 6) is 0.663. The van der Waals surface area contributed by atoms with E-state index in [1.165, 1.54) is 23.1 Å². The molecule has 1 atom stereocenters. The van der Waals surface area contributed by atoms with E-state index in [0.717, 1.165) is 32.1 Å². The van der Waals surface area contributed by atoms with Gasteiger partial charge in [0.05, 0.1) is 24.3 Å². The highest BCUT2D eigenvalue weighted by Gasteiger charge is 2.21. The maximum absolute atomic E-state index is 13.5. The number of thioether (sulfide) groups is 1. The van der Waals surface area contributed by atoms with Crippen molar-refractivity contribution in [2.45, 2.75) is 44.3 Å². The van der Waals surface area contributed by atoms with Gasteiger partial charge in [0.15, 0.2) is 5.16 Å². The molecule has 0 aliphatic heterocycles. The fourth-order valence-electron chi connectivity index (χ4n) is 3.59. The average molecular weight is 494 g/mol. The van der Waals surface area contributed by atoms with E-state index >= 15 is 0 Å². The molecule has 4 aromatic rings. The molecule has 1 N–H and O–H groups in total. The first kappa shape index (κ1) is 24.0. The van der Waals surface area contributed by atoms with E-state index in [1.54, 1.807) is 11.7 Å². The van der Waals surface area contributed by atoms with Crippen LogP contribution in [0.5, 0.6) is 5.75 Å². The minimum atomic E-state index is -0.424. The first-order valence-electron chi connectivity index (χ1n) is 11.0. The summed E-state index contributed by atoms with van der Waals surface area (Å²) in [5, 5.41) is 3.77. The quantitative estimate of drug-likeness (QED) is 0.278. The van der Waals surface area contributed by atoms with Crippen LogP contribution in [0.1, 0.15) is 28.5 Å². The van der Waals surface area contributed by atoms with E-state index in [1.807, 2.05) is 75.4 Å². The van der Waals surface area contributed by atoms with Crippen molar-refractivity contribution in [3.8, 4) is 5.75 Å². The zero-order chi connectivity index (χ0) is 24.2. The van der Waals surface area contributed by atoms with Crippen LogP contribution >= 0.6 is 23.1 Å². The number of fused-ring (bicyclic) bond motifs is 1. The molecule has 0 fully saturated rings. The lowest BCUT2D eigenvalue weighted by Crippen LogP contribution is -2.31. The van der Waals surface area contributed by atoms with Crippen molar-refractivity contribution in [3.63, 3.8) is 0 Å². The van der Waals surface area contributed by atoms with Crippen molar-refractivity contribution in [1.29, 1.82) is 0 Å². The summed E-state index contributed by atoms with van der Waals surface area (Å²) >= 11 is 2.83. The predicted octanol–water partition coefficient (Wildman–Crippen LogP) is 4.93. The van der Waals surface area contributed by atoms with E-state index in [2.05, 4.69) is 5.32 Å². The Morgan fingerprint density at radius 3 is 2.50 bits per heavy atom. The molecule has 34 heavy (non-hydrogen) atoms. The topological polar surface area (TPSA) is 73.2 Å². The molecule has 2 heterocycles. The van der Waals surface area contributed by atoms with Crippen LogP contribution in [0.3, 0.4) is 0 Å². The number of carbonyl (C=O) groups excluding carboxylic acids is 1. The fraction of sp³-hybridized carbons (Fsp3) is 0.269. The lowest BCUT2D eigenvalue weighted by atomic mass is 10.2. The molecule has 0 aliphatic rings. The molecular weight excluding hydrogens is 466 g/mol. The highest BCUT2D eigenvalue weighted by molar-refractivity contribution is 8.00. The lowest BCUT2D eigenvalue weighted by molar-refractivity contribution is -0.120. The third kappa shape index (κ3) is 5.18. The number of thiophene rings is 1. The minimum Gasteiger partial charge on any atom is -0.497 e. The van der Waals surface area contributed by atoms with Crippen LogP contribution in [0.4, 0.5) is 0 Å². The molecule has 0 aliphatic carbocycles. The monoisotopic (exact) mass is 493 g/mol. The van der Waals surface area contributed by atoms with Gasteiger partial charge >= 0.3 is 0 Å². The van der Waals surface area contributed by atoms with Gasteiger partial charge in [0.2, 0.25) is 5.91 Å². The van der Waals surface area contributed by atoms with Gasteiger partial charge in [0.1, 0.15) is 10.6 Å². The number of carbonyl (C=O) groups is 1. The van der Waals surface area contributed by atoms with E-state index in [-0.39, 0.29) is 11.5 Å². The summed E-state index contributed by atoms with van der Waals surface area (Å²) in [4.78, 5) is 33.0. The van der Waals surface area contributed by atoms with Crippen LogP contribution < -0.4 is 15.6 Å². The highest BCUT2D eigenvalue weighted by Crippen LogP contribution is 2.30. The summed E-state index contributed by atoms with van der Waals surface area (Å²) in [6.45, 7) is 6.62. The molecule has 8 heteroatoms. The van der Waals surface area contributed by atoms with Gasteiger partial charge in [-0.3, -0.25) is 14.2 Å². The highest BCUT2D eigenvalue weighted by atomic mass is 32.2. The standard InChI is InChI=1S/C26H27N3O3S2/c1-16-17(2)33-24-22(16)25(31)29(15-20-8-6-5-7-9-20)26(28-24)34-18(3)23(30)27-14-19-10-12-21(32-4)13-11-19/h5-13,18H,14-15H2,1-4H3,(H,27,30)/t18-/m0/s1. The smallest absolute Gasteiger partial charge is 0.263 e. The Labute approximate surface area is 207 Å². The van der Waals surface area contributed by atoms with E-state index < -0.39 is 5.25 Å². The minimum absolute atomic E-state index is 0.0657. The largest absolute Gasteiger partial charge is 0.497 e. The van der Waals surface area contributed by atoms with E-state index in [9.17, 15) is 9.59 Å². The first-order valence-corrected chi connectivity index (χ1v) is 12.7. The Morgan fingerprint density at radius 1 is 1.12 bits per heavy atom. The van der Waals surface area contributed by atoms with Crippen molar-refractivity contribution in [2.75, 3.05) is 7.11 Å². The maximum atomic E-state index is 13.5. The molecule has 2 aromatic carbocycles. The number of nitrogens with zero attached hydrogens (tertiary/aromatic N) is 2. The molecule has 6 nitrogen and oxygen atoms in total. The SMILES string of the molecule is COc1ccc(CNC(=O)[C@H](C)Sc2nc3sc(C)c(C)c3c(=O)n2Cc2ccccc2)cc1. The second-order valence-electron chi connectivity index (χ2n) is 8.06. The number of rotatable bonds is 8. The van der Waals surface area contributed by atoms with Gasteiger partial charge in [-0.25, -0.2) is 4.98 Å². The number of amides is 1. The van der Waals surface area contributed by atoms with Crippen molar-refractivity contribution >= 4 is 39.2 Å². The van der Waals surface area contributed by atoms with Crippen LogP contribution in [0.25, 0.3) is 10.2 Å². The Morgan fingerprint density at radius 2 is 1.82 bits per heavy atom. The van der Waals surface area contributed by atoms with Gasteiger partial charge in [-0.05, 0) is 49.6 Å². The number of nitrogens with one attached hydrogen (secondary N) is 1. The second-order valence-corrected chi connectivity index (χ2v) is 10.6. The molecule has 0 bridgehead atoms. The normalized spacial score (nSPS) is 12.0. The number of benzene rings is 2. The maximum Gasteiger partial charge on any atom is 0.263 e. The summed E-state index contributed by atoms with van der Waals surface area (Å²) in [5.41, 5.74) is 2.90. The number of aryl methyl sites for hydroxylation is 2. The van der Waals surface area contributed by atoms with E-state index in [0.29, 0.717) is 23.6 Å². The molecule has 0 radical (unpaired) electrons. The van der Waals surface area contributed by atoms with Gasteiger partial charge in [-0.15, -0.1) is 11.3 Å². The van der Waals surface area contributed by atoms with Crippen LogP contribution in [0.15, 0.2) is 64.5 Å². The lowest BCUT2D eigenvalue weighted by Gasteiger charge is -2.16. The van der Waals surface area contributed by atoms with Crippen molar-refractivity contribution in [2.24, 2.45) is 0 Å². The molecule has 0 unspecified atom stereocenters. The predicted molar refractivity (Wildman–Crippen MR) is 139 cm³/mol. The van der Waals surface area contributed by atoms with Gasteiger partial charge in [0.25, 0.3) is 5.56 Å². The van der Waals surface area contributed by atoms with Crippen molar-refractivity contribution < 1.29 is 9.53 Å². The average Bonchev–Trinajstić information content (AvgIpc) is 3.13. The molecule has 2 aromatic heterocycles. The Bertz CT molecular complexity index is 1360. The van der Waals surface area contributed by atoms with Crippen LogP contribution in [-0.2, 0) is 17.9 Å². The van der Waals surface area contributed by atoms with Gasteiger partial charge < -0.3 is 10.1 Å². The Kier molecular flexibility index (Phi) is 7.38. The van der Waals surface area contributed by atoms with Crippen LogP contribution in [0, 0.1) is 13.8 Å². The summed E-state index contributed by atoms with van der Waals surface area (Å²) in [6, 6.07) is 17.4. The zero-order valence-corrected chi connectivity index (χ0v) is 21.3. The molecule has 0 spiro atoms. The van der Waals surface area contributed by atoms with E-state index in [4.69, 9.17) is 9.72 Å². The molecule has 0 saturated heterocycles. The molecule has 4 rings (SSSR count). The summed E-state index contributed by atoms with van der Waals surface area (Å²) in [6.07, 6.45) is 0. The van der Waals surface area contributed by atoms with Crippen molar-refractivity contribution in [1.82, 2.24) is 14.9 Å². The second kappa shape index (κ2) is 10.4. The van der Waals surface area contributed by atoms with Crippen molar-refractivity contribution in [3.05, 3.63) is 86.5 Å². The first-order chi connectivity index (χ1) is 16.4. The molecule has 1 amide bonds. The summed E-state index contributed by atoms with van der Waals surface area (Å²) < 4.78 is 6.87. The number of aromatic nitrogens is 2. The Hall–Kier alpha value is -3.10. The number of hydrogen-bond acceptors (Lipinski definition) is 6. The zero-order valence-electron chi connectivity index (χ0n) is 19.6. The Balaban J connectivity index is 1.58. The number of methoxy groups -OCH3 is 1. The van der Waals surface area contributed by atoms with Crippen LogP contribution in [0.2, 0.25) is 0 Å². The van der Waals surface area contributed by atoms with Gasteiger partial charge in [-0.2, -0.15) is 0 Å². The third-order valence-corrected chi connectivity index (χ3v) is 7.91. The summed E-state index contributed by atoms with van der Waals surface area (Å²) in [7, 11) is 1.62. The fourth-order valence-corrected chi connectivity index (χ4v) is 5.59. The number of hydrogen-bond donors (Lipinski definition) is 1. The van der Waals surface area contributed by atoms with Gasteiger partial charge in [-0.1, -0.05) is 54.2 Å². The third-order valence-electron chi connectivity index (χ3n) is 5.71. The molecule has 0 saturated carbocycles. The molecular formula is C26H27N3O3S2.